The zero-order valence-corrected chi connectivity index (χ0v) is 15.9. The highest BCUT2D eigenvalue weighted by Gasteiger charge is 2.12. The van der Waals surface area contributed by atoms with Crippen LogP contribution >= 0.6 is 0 Å². The van der Waals surface area contributed by atoms with Crippen LogP contribution in [0.1, 0.15) is 61.4 Å². The predicted molar refractivity (Wildman–Crippen MR) is 114 cm³/mol. The smallest absolute Gasteiger partial charge is 0.335 e. The molecule has 2 heteroatoms. The minimum absolute atomic E-state index is 0.352. The molecular weight excluding hydrogens is 332 g/mol. The SMILES string of the molecule is CCCCCCCCc1cc2ccc3cc(C(=O)O)cc4ccc(c1)c2c34. The molecule has 0 heterocycles. The summed E-state index contributed by atoms with van der Waals surface area (Å²) in [7, 11) is 0. The van der Waals surface area contributed by atoms with Gasteiger partial charge in [0.2, 0.25) is 0 Å². The summed E-state index contributed by atoms with van der Waals surface area (Å²) in [6.07, 6.45) is 9.03. The van der Waals surface area contributed by atoms with E-state index in [9.17, 15) is 9.90 Å². The third kappa shape index (κ3) is 3.49. The van der Waals surface area contributed by atoms with E-state index < -0.39 is 5.97 Å². The van der Waals surface area contributed by atoms with E-state index in [1.54, 1.807) is 12.1 Å². The maximum Gasteiger partial charge on any atom is 0.335 e. The van der Waals surface area contributed by atoms with E-state index in [1.165, 1.54) is 65.6 Å². The third-order valence-corrected chi connectivity index (χ3v) is 5.66. The number of carboxylic acid groups (broad SMARTS) is 1. The third-order valence-electron chi connectivity index (χ3n) is 5.66. The van der Waals surface area contributed by atoms with E-state index in [4.69, 9.17) is 0 Å². The molecule has 0 unspecified atom stereocenters. The molecule has 4 aromatic rings. The number of unbranched alkanes of at least 4 members (excludes halogenated alkanes) is 5. The van der Waals surface area contributed by atoms with Gasteiger partial charge in [-0.25, -0.2) is 4.79 Å². The molecule has 0 atom stereocenters. The number of carboxylic acids is 1. The van der Waals surface area contributed by atoms with E-state index in [1.807, 2.05) is 0 Å². The fraction of sp³-hybridized carbons (Fsp3) is 0.320. The Morgan fingerprint density at radius 3 is 1.74 bits per heavy atom. The Labute approximate surface area is 160 Å². The van der Waals surface area contributed by atoms with Crippen LogP contribution in [0.4, 0.5) is 0 Å². The minimum atomic E-state index is -0.873. The molecular formula is C25H26O2. The van der Waals surface area contributed by atoms with Gasteiger partial charge in [-0.3, -0.25) is 0 Å². The highest BCUT2D eigenvalue weighted by molar-refractivity contribution is 6.24. The molecule has 0 bridgehead atoms. The fourth-order valence-corrected chi connectivity index (χ4v) is 4.28. The topological polar surface area (TPSA) is 37.3 Å². The molecule has 27 heavy (non-hydrogen) atoms. The molecule has 1 N–H and O–H groups in total. The highest BCUT2D eigenvalue weighted by atomic mass is 16.4. The number of aromatic carboxylic acids is 1. The summed E-state index contributed by atoms with van der Waals surface area (Å²) in [6.45, 7) is 2.26. The molecule has 0 spiro atoms. The van der Waals surface area contributed by atoms with Gasteiger partial charge in [0, 0.05) is 0 Å². The highest BCUT2D eigenvalue weighted by Crippen LogP contribution is 2.36. The molecule has 0 saturated heterocycles. The first-order chi connectivity index (χ1) is 13.2. The molecule has 0 aliphatic rings. The van der Waals surface area contributed by atoms with E-state index in [2.05, 4.69) is 43.3 Å². The Hall–Kier alpha value is -2.61. The maximum absolute atomic E-state index is 11.4. The van der Waals surface area contributed by atoms with E-state index in [0.717, 1.165) is 17.2 Å². The molecule has 0 amide bonds. The Kier molecular flexibility index (Phi) is 4.98. The second-order valence-corrected chi connectivity index (χ2v) is 7.67. The van der Waals surface area contributed by atoms with Gasteiger partial charge in [-0.05, 0) is 62.9 Å². The van der Waals surface area contributed by atoms with E-state index in [-0.39, 0.29) is 0 Å². The van der Waals surface area contributed by atoms with Crippen LogP contribution in [0.15, 0.2) is 48.5 Å². The van der Waals surface area contributed by atoms with Crippen molar-refractivity contribution in [2.24, 2.45) is 0 Å². The van der Waals surface area contributed by atoms with Crippen molar-refractivity contribution in [1.29, 1.82) is 0 Å². The maximum atomic E-state index is 11.4. The lowest BCUT2D eigenvalue weighted by Gasteiger charge is -2.13. The van der Waals surface area contributed by atoms with Crippen LogP contribution in [0.2, 0.25) is 0 Å². The van der Waals surface area contributed by atoms with Crippen molar-refractivity contribution in [3.8, 4) is 0 Å². The van der Waals surface area contributed by atoms with Crippen molar-refractivity contribution in [3.63, 3.8) is 0 Å². The zero-order chi connectivity index (χ0) is 18.8. The van der Waals surface area contributed by atoms with Crippen LogP contribution < -0.4 is 0 Å². The average Bonchev–Trinajstić information content (AvgIpc) is 2.68. The molecule has 0 fully saturated rings. The first-order valence-corrected chi connectivity index (χ1v) is 10.1. The Bertz CT molecular complexity index is 1030. The lowest BCUT2D eigenvalue weighted by Crippen LogP contribution is -1.97. The Balaban J connectivity index is 1.67. The summed E-state index contributed by atoms with van der Waals surface area (Å²) in [5, 5.41) is 16.3. The fourth-order valence-electron chi connectivity index (χ4n) is 4.28. The van der Waals surface area contributed by atoms with Crippen LogP contribution in [0, 0.1) is 0 Å². The quantitative estimate of drug-likeness (QED) is 0.267. The second-order valence-electron chi connectivity index (χ2n) is 7.67. The summed E-state index contributed by atoms with van der Waals surface area (Å²) in [6, 6.07) is 16.6. The number of rotatable bonds is 8. The van der Waals surface area contributed by atoms with Crippen LogP contribution in [-0.4, -0.2) is 11.1 Å². The molecule has 0 radical (unpaired) electrons. The van der Waals surface area contributed by atoms with Gasteiger partial charge in [0.1, 0.15) is 0 Å². The van der Waals surface area contributed by atoms with E-state index in [0.29, 0.717) is 5.56 Å². The first kappa shape index (κ1) is 17.8. The second kappa shape index (κ2) is 7.56. The van der Waals surface area contributed by atoms with Crippen molar-refractivity contribution in [3.05, 3.63) is 59.7 Å². The molecule has 2 nitrogen and oxygen atoms in total. The van der Waals surface area contributed by atoms with Crippen LogP contribution in [0.25, 0.3) is 32.3 Å². The Morgan fingerprint density at radius 1 is 0.741 bits per heavy atom. The normalized spacial score (nSPS) is 11.7. The van der Waals surface area contributed by atoms with Crippen LogP contribution in [0.5, 0.6) is 0 Å². The monoisotopic (exact) mass is 358 g/mol. The van der Waals surface area contributed by atoms with Crippen molar-refractivity contribution < 1.29 is 9.90 Å². The van der Waals surface area contributed by atoms with Gasteiger partial charge in [-0.1, -0.05) is 75.4 Å². The minimum Gasteiger partial charge on any atom is -0.478 e. The van der Waals surface area contributed by atoms with E-state index >= 15 is 0 Å². The zero-order valence-electron chi connectivity index (χ0n) is 15.9. The predicted octanol–water partition coefficient (Wildman–Crippen LogP) is 7.19. The summed E-state index contributed by atoms with van der Waals surface area (Å²) in [4.78, 5) is 11.4. The van der Waals surface area contributed by atoms with Gasteiger partial charge in [0.25, 0.3) is 0 Å². The number of hydrogen-bond donors (Lipinski definition) is 1. The summed E-state index contributed by atoms with van der Waals surface area (Å²) in [5.41, 5.74) is 1.76. The molecule has 138 valence electrons. The number of benzene rings is 4. The summed E-state index contributed by atoms with van der Waals surface area (Å²) < 4.78 is 0. The van der Waals surface area contributed by atoms with Gasteiger partial charge < -0.3 is 5.11 Å². The van der Waals surface area contributed by atoms with Gasteiger partial charge >= 0.3 is 5.97 Å². The van der Waals surface area contributed by atoms with Crippen LogP contribution in [-0.2, 0) is 6.42 Å². The number of carbonyl (C=O) groups is 1. The Morgan fingerprint density at radius 2 is 1.22 bits per heavy atom. The average molecular weight is 358 g/mol. The van der Waals surface area contributed by atoms with Crippen molar-refractivity contribution in [2.75, 3.05) is 0 Å². The number of aryl methyl sites for hydroxylation is 1. The van der Waals surface area contributed by atoms with Crippen molar-refractivity contribution >= 4 is 38.3 Å². The molecule has 4 aromatic carbocycles. The molecule has 0 aliphatic carbocycles. The van der Waals surface area contributed by atoms with Crippen molar-refractivity contribution in [2.45, 2.75) is 51.9 Å². The number of hydrogen-bond acceptors (Lipinski definition) is 1. The summed E-state index contributed by atoms with van der Waals surface area (Å²) in [5.74, 6) is -0.873. The molecule has 4 rings (SSSR count). The molecule has 0 aliphatic heterocycles. The van der Waals surface area contributed by atoms with Gasteiger partial charge in [-0.15, -0.1) is 0 Å². The standard InChI is InChI=1S/C25H26O2/c1-2-3-4-5-6-7-8-17-13-18-9-11-20-15-22(25(26)27)16-21-12-10-19(14-17)23(18)24(20)21/h9-16H,2-8H2,1H3,(H,26,27). The lowest BCUT2D eigenvalue weighted by atomic mass is 9.91. The van der Waals surface area contributed by atoms with Gasteiger partial charge in [0.05, 0.1) is 5.56 Å². The molecule has 0 saturated carbocycles. The van der Waals surface area contributed by atoms with Gasteiger partial charge in [0.15, 0.2) is 0 Å². The molecule has 0 aromatic heterocycles. The van der Waals surface area contributed by atoms with Gasteiger partial charge in [-0.2, -0.15) is 0 Å². The van der Waals surface area contributed by atoms with Crippen molar-refractivity contribution in [1.82, 2.24) is 0 Å². The van der Waals surface area contributed by atoms with Crippen LogP contribution in [0.3, 0.4) is 0 Å². The summed E-state index contributed by atoms with van der Waals surface area (Å²) >= 11 is 0. The first-order valence-electron chi connectivity index (χ1n) is 10.1. The lowest BCUT2D eigenvalue weighted by molar-refractivity contribution is 0.0697. The largest absolute Gasteiger partial charge is 0.478 e.